The van der Waals surface area contributed by atoms with Gasteiger partial charge in [0.15, 0.2) is 6.61 Å². The standard InChI is InChI=1S/C27H24N2O6/c1-16-4-6-17(7-5-16)33-15-25(30)34-19-8-10-20-24(13-19)35-27(29)22(14-28)26(20)21-12-18(31-2)9-11-23(21)32-3/h4-13,26H,15,29H2,1-3H3. The lowest BCUT2D eigenvalue weighted by molar-refractivity contribution is -0.136. The fourth-order valence-corrected chi connectivity index (χ4v) is 3.82. The molecule has 1 unspecified atom stereocenters. The Morgan fingerprint density at radius 1 is 0.971 bits per heavy atom. The number of nitriles is 1. The van der Waals surface area contributed by atoms with E-state index < -0.39 is 11.9 Å². The van der Waals surface area contributed by atoms with Crippen LogP contribution in [0.5, 0.6) is 28.7 Å². The van der Waals surface area contributed by atoms with E-state index in [1.165, 1.54) is 0 Å². The molecule has 35 heavy (non-hydrogen) atoms. The van der Waals surface area contributed by atoms with E-state index in [1.807, 2.05) is 19.1 Å². The summed E-state index contributed by atoms with van der Waals surface area (Å²) in [5, 5.41) is 9.83. The number of hydrogen-bond donors (Lipinski definition) is 1. The van der Waals surface area contributed by atoms with Crippen LogP contribution in [0.2, 0.25) is 0 Å². The van der Waals surface area contributed by atoms with Crippen molar-refractivity contribution in [1.82, 2.24) is 0 Å². The second-order valence-corrected chi connectivity index (χ2v) is 7.81. The molecule has 2 N–H and O–H groups in total. The van der Waals surface area contributed by atoms with E-state index in [2.05, 4.69) is 6.07 Å². The van der Waals surface area contributed by atoms with E-state index in [9.17, 15) is 10.1 Å². The summed E-state index contributed by atoms with van der Waals surface area (Å²) in [7, 11) is 3.11. The summed E-state index contributed by atoms with van der Waals surface area (Å²) < 4.78 is 27.5. The zero-order chi connectivity index (χ0) is 24.9. The molecule has 8 nitrogen and oxygen atoms in total. The van der Waals surface area contributed by atoms with Crippen molar-refractivity contribution in [3.63, 3.8) is 0 Å². The summed E-state index contributed by atoms with van der Waals surface area (Å²) >= 11 is 0. The van der Waals surface area contributed by atoms with Crippen molar-refractivity contribution in [2.75, 3.05) is 20.8 Å². The highest BCUT2D eigenvalue weighted by Gasteiger charge is 2.33. The molecule has 1 atom stereocenters. The highest BCUT2D eigenvalue weighted by molar-refractivity contribution is 5.74. The van der Waals surface area contributed by atoms with E-state index in [0.29, 0.717) is 34.1 Å². The van der Waals surface area contributed by atoms with E-state index >= 15 is 0 Å². The van der Waals surface area contributed by atoms with E-state index in [4.69, 9.17) is 29.4 Å². The molecule has 1 aliphatic heterocycles. The molecule has 3 aromatic rings. The van der Waals surface area contributed by atoms with Crippen LogP contribution in [-0.2, 0) is 4.79 Å². The van der Waals surface area contributed by atoms with Crippen LogP contribution in [-0.4, -0.2) is 26.8 Å². The van der Waals surface area contributed by atoms with Crippen molar-refractivity contribution in [3.05, 3.63) is 88.8 Å². The molecule has 0 saturated heterocycles. The molecule has 178 valence electrons. The molecule has 4 rings (SSSR count). The average Bonchev–Trinajstić information content (AvgIpc) is 2.87. The van der Waals surface area contributed by atoms with Crippen LogP contribution in [0.3, 0.4) is 0 Å². The molecule has 0 aromatic heterocycles. The van der Waals surface area contributed by atoms with Gasteiger partial charge in [0, 0.05) is 17.2 Å². The van der Waals surface area contributed by atoms with Crippen LogP contribution in [0.15, 0.2) is 72.1 Å². The van der Waals surface area contributed by atoms with Crippen molar-refractivity contribution in [3.8, 4) is 34.8 Å². The molecule has 0 spiro atoms. The third kappa shape index (κ3) is 4.99. The molecular weight excluding hydrogens is 448 g/mol. The fraction of sp³-hybridized carbons (Fsp3) is 0.185. The molecule has 1 aliphatic rings. The normalized spacial score (nSPS) is 14.3. The van der Waals surface area contributed by atoms with Gasteiger partial charge in [-0.05, 0) is 43.3 Å². The minimum atomic E-state index is -0.575. The smallest absolute Gasteiger partial charge is 0.349 e. The number of nitrogens with two attached hydrogens (primary N) is 1. The van der Waals surface area contributed by atoms with Gasteiger partial charge in [-0.15, -0.1) is 0 Å². The summed E-state index contributed by atoms with van der Waals surface area (Å²) in [4.78, 5) is 12.3. The van der Waals surface area contributed by atoms with Gasteiger partial charge in [0.2, 0.25) is 5.88 Å². The summed E-state index contributed by atoms with van der Waals surface area (Å²) in [6, 6.07) is 19.7. The number of ether oxygens (including phenoxy) is 5. The van der Waals surface area contributed by atoms with Crippen molar-refractivity contribution in [2.45, 2.75) is 12.8 Å². The maximum absolute atomic E-state index is 12.3. The number of carbonyl (C=O) groups excluding carboxylic acids is 1. The Labute approximate surface area is 203 Å². The topological polar surface area (TPSA) is 113 Å². The van der Waals surface area contributed by atoms with Gasteiger partial charge < -0.3 is 29.4 Å². The molecule has 0 amide bonds. The van der Waals surface area contributed by atoms with Gasteiger partial charge >= 0.3 is 5.97 Å². The van der Waals surface area contributed by atoms with Crippen molar-refractivity contribution in [1.29, 1.82) is 5.26 Å². The molecular formula is C27H24N2O6. The first-order chi connectivity index (χ1) is 16.9. The number of aryl methyl sites for hydroxylation is 1. The minimum absolute atomic E-state index is 0.0407. The van der Waals surface area contributed by atoms with E-state index in [-0.39, 0.29) is 23.8 Å². The number of fused-ring (bicyclic) bond motifs is 1. The van der Waals surface area contributed by atoms with E-state index in [1.54, 1.807) is 62.8 Å². The molecule has 0 aliphatic carbocycles. The fourth-order valence-electron chi connectivity index (χ4n) is 3.82. The third-order valence-corrected chi connectivity index (χ3v) is 5.55. The Balaban J connectivity index is 1.60. The maximum Gasteiger partial charge on any atom is 0.349 e. The van der Waals surface area contributed by atoms with Gasteiger partial charge in [0.05, 0.1) is 20.1 Å². The molecule has 8 heteroatoms. The highest BCUT2D eigenvalue weighted by Crippen LogP contribution is 2.46. The molecule has 3 aromatic carbocycles. The number of methoxy groups -OCH3 is 2. The highest BCUT2D eigenvalue weighted by atomic mass is 16.6. The Morgan fingerprint density at radius 3 is 2.37 bits per heavy atom. The molecule has 0 fully saturated rings. The SMILES string of the molecule is COc1ccc(OC)c(C2C(C#N)=C(N)Oc3cc(OC(=O)COc4ccc(C)cc4)ccc32)c1. The predicted octanol–water partition coefficient (Wildman–Crippen LogP) is 4.21. The first-order valence-electron chi connectivity index (χ1n) is 10.8. The Kier molecular flexibility index (Phi) is 6.78. The number of nitrogens with zero attached hydrogens (tertiary/aromatic N) is 1. The van der Waals surface area contributed by atoms with Crippen molar-refractivity contribution < 1.29 is 28.5 Å². The van der Waals surface area contributed by atoms with Crippen LogP contribution in [0.25, 0.3) is 0 Å². The quantitative estimate of drug-likeness (QED) is 0.402. The number of hydrogen-bond acceptors (Lipinski definition) is 8. The van der Waals surface area contributed by atoms with Gasteiger partial charge in [0.25, 0.3) is 0 Å². The van der Waals surface area contributed by atoms with E-state index in [0.717, 1.165) is 5.56 Å². The van der Waals surface area contributed by atoms with Gasteiger partial charge in [0.1, 0.15) is 40.4 Å². The molecule has 0 radical (unpaired) electrons. The van der Waals surface area contributed by atoms with Gasteiger partial charge in [-0.1, -0.05) is 23.8 Å². The van der Waals surface area contributed by atoms with Gasteiger partial charge in [-0.2, -0.15) is 5.26 Å². The number of carbonyl (C=O) groups is 1. The largest absolute Gasteiger partial charge is 0.497 e. The van der Waals surface area contributed by atoms with Gasteiger partial charge in [-0.25, -0.2) is 4.79 Å². The molecule has 0 bridgehead atoms. The van der Waals surface area contributed by atoms with Crippen molar-refractivity contribution >= 4 is 5.97 Å². The third-order valence-electron chi connectivity index (χ3n) is 5.55. The van der Waals surface area contributed by atoms with Crippen LogP contribution >= 0.6 is 0 Å². The predicted molar refractivity (Wildman–Crippen MR) is 128 cm³/mol. The lowest BCUT2D eigenvalue weighted by Crippen LogP contribution is -2.22. The molecule has 1 heterocycles. The van der Waals surface area contributed by atoms with Crippen molar-refractivity contribution in [2.24, 2.45) is 5.73 Å². The summed E-state index contributed by atoms with van der Waals surface area (Å²) in [5.41, 5.74) is 8.78. The van der Waals surface area contributed by atoms with Gasteiger partial charge in [-0.3, -0.25) is 0 Å². The van der Waals surface area contributed by atoms with Crippen LogP contribution in [0.1, 0.15) is 22.6 Å². The monoisotopic (exact) mass is 472 g/mol. The summed E-state index contributed by atoms with van der Waals surface area (Å²) in [6.45, 7) is 1.71. The molecule has 0 saturated carbocycles. The summed E-state index contributed by atoms with van der Waals surface area (Å²) in [6.07, 6.45) is 0. The second-order valence-electron chi connectivity index (χ2n) is 7.81. The Hall–Kier alpha value is -4.64. The Morgan fingerprint density at radius 2 is 1.69 bits per heavy atom. The first kappa shape index (κ1) is 23.5. The van der Waals surface area contributed by atoms with Crippen LogP contribution in [0, 0.1) is 18.3 Å². The van der Waals surface area contributed by atoms with Crippen LogP contribution in [0.4, 0.5) is 0 Å². The lowest BCUT2D eigenvalue weighted by atomic mass is 9.83. The number of benzene rings is 3. The Bertz CT molecular complexity index is 1320. The number of rotatable bonds is 7. The number of esters is 1. The summed E-state index contributed by atoms with van der Waals surface area (Å²) in [5.74, 6) is 1.17. The zero-order valence-corrected chi connectivity index (χ0v) is 19.5. The zero-order valence-electron chi connectivity index (χ0n) is 19.5. The first-order valence-corrected chi connectivity index (χ1v) is 10.8. The van der Waals surface area contributed by atoms with Crippen LogP contribution < -0.4 is 29.4 Å². The second kappa shape index (κ2) is 10.1. The lowest BCUT2D eigenvalue weighted by Gasteiger charge is -2.28. The average molecular weight is 472 g/mol. The number of allylic oxidation sites excluding steroid dienone is 1. The minimum Gasteiger partial charge on any atom is -0.497 e. The maximum atomic E-state index is 12.3.